The SMILES string of the molecule is Cc1nc(CO)sc1-c1csc(NC(=O)C2CCN(c3ccc(Cl)cc3)C2)n1. The number of aliphatic hydroxyl groups is 1. The molecule has 0 aliphatic carbocycles. The predicted octanol–water partition coefficient (Wildman–Crippen LogP) is 4.19. The van der Waals surface area contributed by atoms with E-state index in [0.29, 0.717) is 21.7 Å². The smallest absolute Gasteiger partial charge is 0.231 e. The summed E-state index contributed by atoms with van der Waals surface area (Å²) >= 11 is 8.77. The summed E-state index contributed by atoms with van der Waals surface area (Å²) < 4.78 is 0. The van der Waals surface area contributed by atoms with Crippen molar-refractivity contribution in [1.82, 2.24) is 9.97 Å². The number of hydrogen-bond acceptors (Lipinski definition) is 7. The molecule has 1 aliphatic rings. The number of benzene rings is 1. The van der Waals surface area contributed by atoms with E-state index in [-0.39, 0.29) is 18.4 Å². The Bertz CT molecular complexity index is 986. The third kappa shape index (κ3) is 4.05. The highest BCUT2D eigenvalue weighted by molar-refractivity contribution is 7.17. The van der Waals surface area contributed by atoms with Crippen LogP contribution in [0.25, 0.3) is 10.6 Å². The Morgan fingerprint density at radius 2 is 2.14 bits per heavy atom. The fourth-order valence-electron chi connectivity index (χ4n) is 3.26. The zero-order chi connectivity index (χ0) is 19.7. The minimum atomic E-state index is -0.0783. The van der Waals surface area contributed by atoms with E-state index < -0.39 is 0 Å². The van der Waals surface area contributed by atoms with Crippen LogP contribution in [-0.2, 0) is 11.4 Å². The molecule has 3 heterocycles. The molecule has 1 saturated heterocycles. The van der Waals surface area contributed by atoms with Gasteiger partial charge >= 0.3 is 0 Å². The Labute approximate surface area is 175 Å². The van der Waals surface area contributed by atoms with E-state index in [0.717, 1.165) is 34.9 Å². The lowest BCUT2D eigenvalue weighted by Gasteiger charge is -2.18. The number of aromatic nitrogens is 2. The van der Waals surface area contributed by atoms with Crippen molar-refractivity contribution in [2.75, 3.05) is 23.3 Å². The number of anilines is 2. The van der Waals surface area contributed by atoms with Gasteiger partial charge in [0.15, 0.2) is 5.13 Å². The lowest BCUT2D eigenvalue weighted by molar-refractivity contribution is -0.119. The standard InChI is InChI=1S/C19H19ClN4O2S2/c1-11-17(28-16(9-25)21-11)15-10-27-19(22-15)23-18(26)12-6-7-24(8-12)14-4-2-13(20)3-5-14/h2-5,10,12,25H,6-9H2,1H3,(H,22,23,26). The molecule has 9 heteroatoms. The quantitative estimate of drug-likeness (QED) is 0.629. The zero-order valence-corrected chi connectivity index (χ0v) is 17.6. The van der Waals surface area contributed by atoms with Crippen LogP contribution in [0.5, 0.6) is 0 Å². The maximum Gasteiger partial charge on any atom is 0.231 e. The summed E-state index contributed by atoms with van der Waals surface area (Å²) in [7, 11) is 0. The lowest BCUT2D eigenvalue weighted by atomic mass is 10.1. The van der Waals surface area contributed by atoms with Gasteiger partial charge < -0.3 is 15.3 Å². The first kappa shape index (κ1) is 19.3. The topological polar surface area (TPSA) is 78.4 Å². The number of carbonyl (C=O) groups is 1. The van der Waals surface area contributed by atoms with Gasteiger partial charge in [-0.15, -0.1) is 22.7 Å². The number of aryl methyl sites for hydroxylation is 1. The third-order valence-corrected chi connectivity index (χ3v) is 6.87. The van der Waals surface area contributed by atoms with Crippen molar-refractivity contribution in [2.45, 2.75) is 20.0 Å². The minimum Gasteiger partial charge on any atom is -0.389 e. The summed E-state index contributed by atoms with van der Waals surface area (Å²) in [6.07, 6.45) is 0.806. The first-order valence-electron chi connectivity index (χ1n) is 8.88. The maximum absolute atomic E-state index is 12.7. The van der Waals surface area contributed by atoms with Gasteiger partial charge in [-0.2, -0.15) is 0 Å². The maximum atomic E-state index is 12.7. The van der Waals surface area contributed by atoms with Crippen molar-refractivity contribution in [1.29, 1.82) is 0 Å². The molecule has 1 amide bonds. The molecule has 28 heavy (non-hydrogen) atoms. The highest BCUT2D eigenvalue weighted by atomic mass is 35.5. The molecule has 3 aromatic rings. The lowest BCUT2D eigenvalue weighted by Crippen LogP contribution is -2.26. The van der Waals surface area contributed by atoms with Crippen molar-refractivity contribution in [3.63, 3.8) is 0 Å². The van der Waals surface area contributed by atoms with Crippen LogP contribution >= 0.6 is 34.3 Å². The van der Waals surface area contributed by atoms with Crippen molar-refractivity contribution in [2.24, 2.45) is 5.92 Å². The molecule has 1 aromatic carbocycles. The molecular formula is C19H19ClN4O2S2. The Hall–Kier alpha value is -2.00. The van der Waals surface area contributed by atoms with E-state index in [9.17, 15) is 9.90 Å². The van der Waals surface area contributed by atoms with Crippen LogP contribution in [0.2, 0.25) is 5.02 Å². The molecule has 0 bridgehead atoms. The highest BCUT2D eigenvalue weighted by Gasteiger charge is 2.29. The molecule has 0 radical (unpaired) electrons. The van der Waals surface area contributed by atoms with E-state index in [1.54, 1.807) is 0 Å². The van der Waals surface area contributed by atoms with Crippen LogP contribution in [0, 0.1) is 12.8 Å². The molecule has 1 fully saturated rings. The number of thiazole rings is 2. The average molecular weight is 435 g/mol. The van der Waals surface area contributed by atoms with Gasteiger partial charge in [-0.3, -0.25) is 4.79 Å². The van der Waals surface area contributed by atoms with Gasteiger partial charge in [0.2, 0.25) is 5.91 Å². The predicted molar refractivity (Wildman–Crippen MR) is 114 cm³/mol. The molecule has 6 nitrogen and oxygen atoms in total. The number of rotatable bonds is 5. The van der Waals surface area contributed by atoms with Gasteiger partial charge in [0, 0.05) is 29.2 Å². The first-order chi connectivity index (χ1) is 13.5. The van der Waals surface area contributed by atoms with Crippen LogP contribution in [0.3, 0.4) is 0 Å². The molecule has 2 aromatic heterocycles. The van der Waals surface area contributed by atoms with Gasteiger partial charge in [0.25, 0.3) is 0 Å². The van der Waals surface area contributed by atoms with Gasteiger partial charge in [-0.05, 0) is 37.6 Å². The van der Waals surface area contributed by atoms with E-state index in [1.165, 1.54) is 22.7 Å². The van der Waals surface area contributed by atoms with Crippen LogP contribution in [0.1, 0.15) is 17.1 Å². The molecule has 0 spiro atoms. The Morgan fingerprint density at radius 3 is 2.86 bits per heavy atom. The van der Waals surface area contributed by atoms with E-state index in [1.807, 2.05) is 36.6 Å². The Balaban J connectivity index is 1.40. The van der Waals surface area contributed by atoms with Crippen LogP contribution in [0.15, 0.2) is 29.6 Å². The second-order valence-electron chi connectivity index (χ2n) is 6.62. The molecule has 1 aliphatic heterocycles. The van der Waals surface area contributed by atoms with E-state index >= 15 is 0 Å². The number of hydrogen-bond donors (Lipinski definition) is 2. The van der Waals surface area contributed by atoms with Crippen molar-refractivity contribution in [3.05, 3.63) is 45.4 Å². The third-order valence-electron chi connectivity index (χ3n) is 4.69. The van der Waals surface area contributed by atoms with Crippen molar-refractivity contribution >= 4 is 51.0 Å². The Kier molecular flexibility index (Phi) is 5.63. The molecular weight excluding hydrogens is 416 g/mol. The number of carbonyl (C=O) groups excluding carboxylic acids is 1. The van der Waals surface area contributed by atoms with Crippen LogP contribution in [0.4, 0.5) is 10.8 Å². The van der Waals surface area contributed by atoms with Crippen molar-refractivity contribution in [3.8, 4) is 10.6 Å². The van der Waals surface area contributed by atoms with E-state index in [2.05, 4.69) is 20.2 Å². The van der Waals surface area contributed by atoms with Gasteiger partial charge in [-0.1, -0.05) is 11.6 Å². The van der Waals surface area contributed by atoms with Gasteiger partial charge in [0.05, 0.1) is 28.8 Å². The minimum absolute atomic E-state index is 0.00515. The fraction of sp³-hybridized carbons (Fsp3) is 0.316. The highest BCUT2D eigenvalue weighted by Crippen LogP contribution is 2.33. The number of amides is 1. The van der Waals surface area contributed by atoms with E-state index in [4.69, 9.17) is 11.6 Å². The normalized spacial score (nSPS) is 16.5. The summed E-state index contributed by atoms with van der Waals surface area (Å²) in [6.45, 7) is 3.34. The monoisotopic (exact) mass is 434 g/mol. The second-order valence-corrected chi connectivity index (χ2v) is 8.99. The number of nitrogens with zero attached hydrogens (tertiary/aromatic N) is 3. The zero-order valence-electron chi connectivity index (χ0n) is 15.2. The number of halogens is 1. The number of nitrogens with one attached hydrogen (secondary N) is 1. The summed E-state index contributed by atoms with van der Waals surface area (Å²) in [6, 6.07) is 7.69. The molecule has 146 valence electrons. The molecule has 4 rings (SSSR count). The summed E-state index contributed by atoms with van der Waals surface area (Å²) in [5.41, 5.74) is 2.70. The summed E-state index contributed by atoms with van der Waals surface area (Å²) in [5.74, 6) is -0.0800. The largest absolute Gasteiger partial charge is 0.389 e. The van der Waals surface area contributed by atoms with Gasteiger partial charge in [-0.25, -0.2) is 9.97 Å². The summed E-state index contributed by atoms with van der Waals surface area (Å²) in [4.78, 5) is 24.6. The molecule has 2 N–H and O–H groups in total. The fourth-order valence-corrected chi connectivity index (χ4v) is 5.05. The average Bonchev–Trinajstić information content (AvgIpc) is 3.41. The molecule has 1 unspecified atom stereocenters. The molecule has 0 saturated carbocycles. The van der Waals surface area contributed by atoms with Crippen LogP contribution in [-0.4, -0.2) is 34.1 Å². The molecule has 1 atom stereocenters. The van der Waals surface area contributed by atoms with Gasteiger partial charge in [0.1, 0.15) is 5.01 Å². The van der Waals surface area contributed by atoms with Crippen LogP contribution < -0.4 is 10.2 Å². The Morgan fingerprint density at radius 1 is 1.36 bits per heavy atom. The first-order valence-corrected chi connectivity index (χ1v) is 11.0. The number of aliphatic hydroxyl groups excluding tert-OH is 1. The summed E-state index contributed by atoms with van der Waals surface area (Å²) in [5, 5.41) is 16.1. The van der Waals surface area contributed by atoms with Crippen molar-refractivity contribution < 1.29 is 9.90 Å². The second kappa shape index (κ2) is 8.16.